The van der Waals surface area contributed by atoms with Crippen molar-refractivity contribution in [3.8, 4) is 5.88 Å². The number of pyridine rings is 1. The smallest absolute Gasteiger partial charge is 0.239 e. The Morgan fingerprint density at radius 2 is 2.11 bits per heavy atom. The summed E-state index contributed by atoms with van der Waals surface area (Å²) in [6.45, 7) is 5.75. The SMILES string of the molecule is CC(C)Oc1nc(NC(C)c2nn[nH]n2)ccc1N. The van der Waals surface area contributed by atoms with Gasteiger partial charge in [-0.1, -0.05) is 5.21 Å². The van der Waals surface area contributed by atoms with Crippen molar-refractivity contribution >= 4 is 11.5 Å². The third-order valence-electron chi connectivity index (χ3n) is 2.35. The van der Waals surface area contributed by atoms with E-state index in [1.54, 1.807) is 12.1 Å². The number of H-pyrrole nitrogens is 1. The van der Waals surface area contributed by atoms with E-state index in [-0.39, 0.29) is 12.1 Å². The summed E-state index contributed by atoms with van der Waals surface area (Å²) in [4.78, 5) is 4.32. The largest absolute Gasteiger partial charge is 0.473 e. The van der Waals surface area contributed by atoms with Crippen LogP contribution in [0.1, 0.15) is 32.6 Å². The monoisotopic (exact) mass is 263 g/mol. The molecule has 2 rings (SSSR count). The van der Waals surface area contributed by atoms with Gasteiger partial charge in [0.05, 0.1) is 17.8 Å². The fourth-order valence-corrected chi connectivity index (χ4v) is 1.49. The summed E-state index contributed by atoms with van der Waals surface area (Å²) in [5, 5.41) is 16.9. The second kappa shape index (κ2) is 5.51. The molecule has 0 radical (unpaired) electrons. The minimum atomic E-state index is -0.123. The molecule has 0 amide bonds. The Balaban J connectivity index is 2.12. The predicted octanol–water partition coefficient (Wildman–Crippen LogP) is 1.14. The standard InChI is InChI=1S/C11H17N7O/c1-6(2)19-11-8(12)4-5-9(14-11)13-7(3)10-15-17-18-16-10/h4-7H,12H2,1-3H3,(H,13,14)(H,15,16,17,18). The molecule has 1 atom stereocenters. The fraction of sp³-hybridized carbons (Fsp3) is 0.455. The van der Waals surface area contributed by atoms with Crippen LogP contribution in [0, 0.1) is 0 Å². The Bertz CT molecular complexity index is 526. The first-order chi connectivity index (χ1) is 9.06. The molecular weight excluding hydrogens is 246 g/mol. The number of nitrogens with two attached hydrogens (primary N) is 1. The molecule has 0 spiro atoms. The number of aromatic amines is 1. The first kappa shape index (κ1) is 13.1. The lowest BCUT2D eigenvalue weighted by Crippen LogP contribution is -2.12. The van der Waals surface area contributed by atoms with E-state index >= 15 is 0 Å². The van der Waals surface area contributed by atoms with Crippen LogP contribution in [0.3, 0.4) is 0 Å². The fourth-order valence-electron chi connectivity index (χ4n) is 1.49. The van der Waals surface area contributed by atoms with Crippen LogP contribution < -0.4 is 15.8 Å². The van der Waals surface area contributed by atoms with E-state index in [9.17, 15) is 0 Å². The number of aromatic nitrogens is 5. The molecule has 2 heterocycles. The molecule has 0 bridgehead atoms. The minimum absolute atomic E-state index is 0.0136. The highest BCUT2D eigenvalue weighted by Crippen LogP contribution is 2.23. The number of hydrogen-bond acceptors (Lipinski definition) is 7. The molecule has 8 nitrogen and oxygen atoms in total. The predicted molar refractivity (Wildman–Crippen MR) is 70.6 cm³/mol. The molecule has 0 saturated carbocycles. The summed E-state index contributed by atoms with van der Waals surface area (Å²) >= 11 is 0. The van der Waals surface area contributed by atoms with Crippen molar-refractivity contribution < 1.29 is 4.74 Å². The maximum Gasteiger partial charge on any atom is 0.239 e. The van der Waals surface area contributed by atoms with E-state index in [0.717, 1.165) is 0 Å². The van der Waals surface area contributed by atoms with Crippen LogP contribution in [0.25, 0.3) is 0 Å². The van der Waals surface area contributed by atoms with Crippen molar-refractivity contribution in [1.82, 2.24) is 25.6 Å². The molecule has 0 aromatic carbocycles. The molecule has 2 aromatic rings. The van der Waals surface area contributed by atoms with E-state index in [2.05, 4.69) is 30.9 Å². The number of ether oxygens (including phenoxy) is 1. The highest BCUT2D eigenvalue weighted by atomic mass is 16.5. The van der Waals surface area contributed by atoms with Gasteiger partial charge in [-0.15, -0.1) is 10.2 Å². The zero-order valence-corrected chi connectivity index (χ0v) is 11.1. The molecule has 0 aliphatic rings. The van der Waals surface area contributed by atoms with Gasteiger partial charge in [-0.2, -0.15) is 10.2 Å². The Hall–Kier alpha value is -2.38. The van der Waals surface area contributed by atoms with Crippen LogP contribution in [0.2, 0.25) is 0 Å². The maximum atomic E-state index is 5.81. The average molecular weight is 263 g/mol. The van der Waals surface area contributed by atoms with Crippen LogP contribution >= 0.6 is 0 Å². The highest BCUT2D eigenvalue weighted by Gasteiger charge is 2.12. The van der Waals surface area contributed by atoms with Crippen molar-refractivity contribution in [3.05, 3.63) is 18.0 Å². The summed E-state index contributed by atoms with van der Waals surface area (Å²) in [5.74, 6) is 1.62. The molecule has 0 saturated heterocycles. The molecule has 8 heteroatoms. The number of nitrogen functional groups attached to an aromatic ring is 1. The molecule has 19 heavy (non-hydrogen) atoms. The summed E-state index contributed by atoms with van der Waals surface area (Å²) in [5.41, 5.74) is 6.31. The summed E-state index contributed by atoms with van der Waals surface area (Å²) < 4.78 is 5.53. The van der Waals surface area contributed by atoms with Crippen LogP contribution in [0.15, 0.2) is 12.1 Å². The summed E-state index contributed by atoms with van der Waals surface area (Å²) in [6.07, 6.45) is 0.0136. The van der Waals surface area contributed by atoms with Crippen LogP contribution in [0.5, 0.6) is 5.88 Å². The number of hydrogen-bond donors (Lipinski definition) is 3. The molecule has 0 aliphatic heterocycles. The van der Waals surface area contributed by atoms with Gasteiger partial charge in [0.2, 0.25) is 5.88 Å². The van der Waals surface area contributed by atoms with Crippen LogP contribution in [-0.2, 0) is 0 Å². The van der Waals surface area contributed by atoms with E-state index in [4.69, 9.17) is 10.5 Å². The number of anilines is 2. The van der Waals surface area contributed by atoms with Gasteiger partial charge < -0.3 is 15.8 Å². The van der Waals surface area contributed by atoms with Crippen molar-refractivity contribution in [2.45, 2.75) is 32.9 Å². The molecule has 0 aliphatic carbocycles. The Morgan fingerprint density at radius 3 is 2.74 bits per heavy atom. The lowest BCUT2D eigenvalue weighted by Gasteiger charge is -2.14. The molecule has 1 unspecified atom stereocenters. The number of nitrogens with one attached hydrogen (secondary N) is 2. The van der Waals surface area contributed by atoms with E-state index in [0.29, 0.717) is 23.2 Å². The van der Waals surface area contributed by atoms with Crippen molar-refractivity contribution in [2.75, 3.05) is 11.1 Å². The third kappa shape index (κ3) is 3.30. The molecule has 2 aromatic heterocycles. The van der Waals surface area contributed by atoms with Crippen LogP contribution in [-0.4, -0.2) is 31.7 Å². The van der Waals surface area contributed by atoms with Crippen molar-refractivity contribution in [1.29, 1.82) is 0 Å². The third-order valence-corrected chi connectivity index (χ3v) is 2.35. The number of nitrogens with zero attached hydrogens (tertiary/aromatic N) is 4. The second-order valence-corrected chi connectivity index (χ2v) is 4.39. The molecular formula is C11H17N7O. The number of tetrazole rings is 1. The number of rotatable bonds is 5. The van der Waals surface area contributed by atoms with Gasteiger partial charge in [-0.3, -0.25) is 0 Å². The molecule has 0 fully saturated rings. The van der Waals surface area contributed by atoms with Gasteiger partial charge in [0, 0.05) is 0 Å². The first-order valence-corrected chi connectivity index (χ1v) is 5.99. The molecule has 102 valence electrons. The van der Waals surface area contributed by atoms with E-state index in [1.807, 2.05) is 20.8 Å². The lowest BCUT2D eigenvalue weighted by atomic mass is 10.3. The Kier molecular flexibility index (Phi) is 3.79. The minimum Gasteiger partial charge on any atom is -0.473 e. The van der Waals surface area contributed by atoms with Gasteiger partial charge in [-0.05, 0) is 32.9 Å². The van der Waals surface area contributed by atoms with Gasteiger partial charge in [0.25, 0.3) is 0 Å². The topological polar surface area (TPSA) is 115 Å². The van der Waals surface area contributed by atoms with Gasteiger partial charge >= 0.3 is 0 Å². The van der Waals surface area contributed by atoms with E-state index < -0.39 is 0 Å². The average Bonchev–Trinajstić information content (AvgIpc) is 2.86. The van der Waals surface area contributed by atoms with Crippen molar-refractivity contribution in [3.63, 3.8) is 0 Å². The Labute approximate surface area is 110 Å². The normalized spacial score (nSPS) is 12.4. The summed E-state index contributed by atoms with van der Waals surface area (Å²) in [7, 11) is 0. The second-order valence-electron chi connectivity index (χ2n) is 4.39. The zero-order chi connectivity index (χ0) is 13.8. The van der Waals surface area contributed by atoms with Gasteiger partial charge in [-0.25, -0.2) is 0 Å². The van der Waals surface area contributed by atoms with Gasteiger partial charge in [0.15, 0.2) is 5.82 Å². The van der Waals surface area contributed by atoms with Crippen LogP contribution in [0.4, 0.5) is 11.5 Å². The van der Waals surface area contributed by atoms with Crippen molar-refractivity contribution in [2.24, 2.45) is 0 Å². The van der Waals surface area contributed by atoms with E-state index in [1.165, 1.54) is 0 Å². The highest BCUT2D eigenvalue weighted by molar-refractivity contribution is 5.54. The maximum absolute atomic E-state index is 5.81. The first-order valence-electron chi connectivity index (χ1n) is 5.99. The lowest BCUT2D eigenvalue weighted by molar-refractivity contribution is 0.234. The molecule has 4 N–H and O–H groups in total. The summed E-state index contributed by atoms with van der Waals surface area (Å²) in [6, 6.07) is 3.40. The van der Waals surface area contributed by atoms with Gasteiger partial charge in [0.1, 0.15) is 5.82 Å². The zero-order valence-electron chi connectivity index (χ0n) is 11.1. The Morgan fingerprint density at radius 1 is 1.32 bits per heavy atom. The quantitative estimate of drug-likeness (QED) is 0.740.